The van der Waals surface area contributed by atoms with Gasteiger partial charge in [-0.1, -0.05) is 0 Å². The van der Waals surface area contributed by atoms with Crippen molar-refractivity contribution >= 4 is 6.29 Å². The molecule has 0 bridgehead atoms. The fourth-order valence-electron chi connectivity index (χ4n) is 1.70. The molecule has 1 saturated heterocycles. The first-order valence-corrected chi connectivity index (χ1v) is 6.89. The quantitative estimate of drug-likeness (QED) is 0.199. The third-order valence-electron chi connectivity index (χ3n) is 3.29. The lowest BCUT2D eigenvalue weighted by molar-refractivity contribution is -0.286. The van der Waals surface area contributed by atoms with Gasteiger partial charge in [0.1, 0.15) is 48.8 Å². The van der Waals surface area contributed by atoms with Crippen molar-refractivity contribution in [3.8, 4) is 0 Å². The van der Waals surface area contributed by atoms with E-state index in [4.69, 9.17) is 51.1 Å². The van der Waals surface area contributed by atoms with Crippen LogP contribution in [-0.4, -0.2) is 126 Å². The second kappa shape index (κ2) is 11.0. The molecule has 0 aromatic carbocycles. The fraction of sp³-hybridized carbons (Fsp3) is 0.917. The maximum atomic E-state index is 9.90. The molecule has 10 N–H and O–H groups in total. The van der Waals surface area contributed by atoms with Gasteiger partial charge in [0.2, 0.25) is 0 Å². The van der Waals surface area contributed by atoms with Gasteiger partial charge in [-0.25, -0.2) is 0 Å². The van der Waals surface area contributed by atoms with Gasteiger partial charge in [0.15, 0.2) is 12.6 Å². The van der Waals surface area contributed by atoms with Gasteiger partial charge in [0, 0.05) is 0 Å². The molecule has 0 aromatic rings. The van der Waals surface area contributed by atoms with E-state index in [1.165, 1.54) is 0 Å². The minimum atomic E-state index is -1.79. The molecule has 0 spiro atoms. The topological polar surface area (TPSA) is 229 Å². The van der Waals surface area contributed by atoms with Crippen molar-refractivity contribution in [2.24, 2.45) is 0 Å². The smallest absolute Gasteiger partial charge is 0.184 e. The summed E-state index contributed by atoms with van der Waals surface area (Å²) in [5.74, 6) is 0. The van der Waals surface area contributed by atoms with E-state index in [2.05, 4.69) is 4.74 Å². The number of aliphatic hydroxyl groups excluding tert-OH is 10. The summed E-state index contributed by atoms with van der Waals surface area (Å²) in [6, 6.07) is 0. The summed E-state index contributed by atoms with van der Waals surface area (Å²) >= 11 is 0. The molecular weight excluding hydrogens is 336 g/mol. The zero-order chi connectivity index (χ0) is 19.0. The lowest BCUT2D eigenvalue weighted by Crippen LogP contribution is -2.58. The fourth-order valence-corrected chi connectivity index (χ4v) is 1.70. The summed E-state index contributed by atoms with van der Waals surface area (Å²) in [6.07, 6.45) is -13.9. The van der Waals surface area contributed by atoms with E-state index in [-0.39, 0.29) is 6.29 Å². The van der Waals surface area contributed by atoms with Gasteiger partial charge in [0.05, 0.1) is 13.2 Å². The SMILES string of the molecule is O=C[C@@H](O)[C@@H](O)[C@H](O)[C@H](O)CO.OC[C@H]1O[C@H](O)[C@@H](O)[C@@H](O)[C@@H]1O. The predicted octanol–water partition coefficient (Wildman–Crippen LogP) is -6.60. The van der Waals surface area contributed by atoms with E-state index in [1.54, 1.807) is 0 Å². The molecule has 0 radical (unpaired) electrons. The number of hydrogen-bond donors (Lipinski definition) is 10. The van der Waals surface area contributed by atoms with Gasteiger partial charge in [-0.15, -0.1) is 0 Å². The molecular formula is C12H24O12. The van der Waals surface area contributed by atoms with Gasteiger partial charge < -0.3 is 60.6 Å². The van der Waals surface area contributed by atoms with Crippen LogP contribution in [0.1, 0.15) is 0 Å². The lowest BCUT2D eigenvalue weighted by Gasteiger charge is -2.37. The van der Waals surface area contributed by atoms with Gasteiger partial charge in [-0.3, -0.25) is 0 Å². The van der Waals surface area contributed by atoms with Crippen molar-refractivity contribution in [3.05, 3.63) is 0 Å². The van der Waals surface area contributed by atoms with Crippen LogP contribution in [0.2, 0.25) is 0 Å². The van der Waals surface area contributed by atoms with Crippen molar-refractivity contribution < 1.29 is 60.6 Å². The highest BCUT2D eigenvalue weighted by molar-refractivity contribution is 5.56. The molecule has 24 heavy (non-hydrogen) atoms. The monoisotopic (exact) mass is 360 g/mol. The number of hydrogen-bond acceptors (Lipinski definition) is 12. The van der Waals surface area contributed by atoms with Crippen LogP contribution in [0.4, 0.5) is 0 Å². The Morgan fingerprint density at radius 2 is 1.42 bits per heavy atom. The Morgan fingerprint density at radius 1 is 0.875 bits per heavy atom. The zero-order valence-corrected chi connectivity index (χ0v) is 12.5. The first-order chi connectivity index (χ1) is 11.1. The molecule has 1 aliphatic heterocycles. The highest BCUT2D eigenvalue weighted by Crippen LogP contribution is 2.19. The summed E-state index contributed by atoms with van der Waals surface area (Å²) in [4.78, 5) is 9.90. The summed E-state index contributed by atoms with van der Waals surface area (Å²) in [6.45, 7) is -1.29. The third-order valence-corrected chi connectivity index (χ3v) is 3.29. The number of aliphatic hydroxyl groups is 10. The molecule has 1 rings (SSSR count). The summed E-state index contributed by atoms with van der Waals surface area (Å²) in [7, 11) is 0. The molecule has 12 heteroatoms. The summed E-state index contributed by atoms with van der Waals surface area (Å²) in [5, 5.41) is 88.2. The summed E-state index contributed by atoms with van der Waals surface area (Å²) < 4.78 is 4.58. The second-order valence-electron chi connectivity index (χ2n) is 5.08. The normalized spacial score (nSPS) is 35.2. The zero-order valence-electron chi connectivity index (χ0n) is 12.5. The van der Waals surface area contributed by atoms with Gasteiger partial charge >= 0.3 is 0 Å². The van der Waals surface area contributed by atoms with Crippen LogP contribution in [0.5, 0.6) is 0 Å². The molecule has 1 fully saturated rings. The number of rotatable bonds is 6. The number of ether oxygens (including phenoxy) is 1. The first-order valence-electron chi connectivity index (χ1n) is 6.89. The van der Waals surface area contributed by atoms with Gasteiger partial charge in [-0.05, 0) is 0 Å². The van der Waals surface area contributed by atoms with E-state index in [9.17, 15) is 4.79 Å². The van der Waals surface area contributed by atoms with Gasteiger partial charge in [-0.2, -0.15) is 0 Å². The highest BCUT2D eigenvalue weighted by Gasteiger charge is 2.42. The van der Waals surface area contributed by atoms with E-state index in [1.807, 2.05) is 0 Å². The predicted molar refractivity (Wildman–Crippen MR) is 73.2 cm³/mol. The van der Waals surface area contributed by atoms with Crippen molar-refractivity contribution in [2.75, 3.05) is 13.2 Å². The molecule has 0 amide bonds. The molecule has 1 heterocycles. The Hall–Kier alpha value is -0.770. The molecule has 0 unspecified atom stereocenters. The van der Waals surface area contributed by atoms with Crippen molar-refractivity contribution in [3.63, 3.8) is 0 Å². The standard InChI is InChI=1S/2C6H12O6/c7-1-2-3(8)4(9)5(10)6(11)12-2;7-1-3(9)5(11)6(12)4(10)2-8/h2-11H,1H2;1,3-6,8-12H,2H2/t2-,3-,4+,5+,6+;3-,4-,5-,6-/m11/s1. The Bertz CT molecular complexity index is 350. The Morgan fingerprint density at radius 3 is 1.83 bits per heavy atom. The molecule has 0 aromatic heterocycles. The summed E-state index contributed by atoms with van der Waals surface area (Å²) in [5.41, 5.74) is 0. The van der Waals surface area contributed by atoms with Crippen molar-refractivity contribution in [1.29, 1.82) is 0 Å². The van der Waals surface area contributed by atoms with E-state index >= 15 is 0 Å². The molecule has 0 saturated carbocycles. The Balaban J connectivity index is 0.000000441. The van der Waals surface area contributed by atoms with E-state index in [0.717, 1.165) is 0 Å². The number of carbonyl (C=O) groups excluding carboxylic acids is 1. The average molecular weight is 360 g/mol. The molecule has 144 valence electrons. The average Bonchev–Trinajstić information content (AvgIpc) is 2.60. The highest BCUT2D eigenvalue weighted by atomic mass is 16.6. The van der Waals surface area contributed by atoms with Crippen LogP contribution in [-0.2, 0) is 9.53 Å². The first kappa shape index (κ1) is 23.2. The van der Waals surface area contributed by atoms with Crippen LogP contribution in [0, 0.1) is 0 Å². The van der Waals surface area contributed by atoms with Crippen LogP contribution >= 0.6 is 0 Å². The Kier molecular flexibility index (Phi) is 10.6. The Labute approximate surface area is 136 Å². The largest absolute Gasteiger partial charge is 0.394 e. The van der Waals surface area contributed by atoms with Crippen LogP contribution < -0.4 is 0 Å². The molecule has 0 aliphatic carbocycles. The maximum Gasteiger partial charge on any atom is 0.184 e. The van der Waals surface area contributed by atoms with Crippen LogP contribution in [0.25, 0.3) is 0 Å². The molecule has 12 nitrogen and oxygen atoms in total. The van der Waals surface area contributed by atoms with Crippen molar-refractivity contribution in [2.45, 2.75) is 55.1 Å². The van der Waals surface area contributed by atoms with E-state index in [0.29, 0.717) is 0 Å². The molecule has 1 aliphatic rings. The number of carbonyl (C=O) groups is 1. The number of aldehydes is 1. The lowest BCUT2D eigenvalue weighted by atomic mass is 10.00. The van der Waals surface area contributed by atoms with Crippen LogP contribution in [0.15, 0.2) is 0 Å². The van der Waals surface area contributed by atoms with Crippen LogP contribution in [0.3, 0.4) is 0 Å². The minimum Gasteiger partial charge on any atom is -0.394 e. The molecule has 9 atom stereocenters. The minimum absolute atomic E-state index is 0.0258. The van der Waals surface area contributed by atoms with E-state index < -0.39 is 68.3 Å². The van der Waals surface area contributed by atoms with Gasteiger partial charge in [0.25, 0.3) is 0 Å². The van der Waals surface area contributed by atoms with Crippen molar-refractivity contribution in [1.82, 2.24) is 0 Å². The second-order valence-corrected chi connectivity index (χ2v) is 5.08. The third kappa shape index (κ3) is 6.27. The maximum absolute atomic E-state index is 9.90.